The van der Waals surface area contributed by atoms with E-state index in [4.69, 9.17) is 4.74 Å². The van der Waals surface area contributed by atoms with Crippen LogP contribution in [0.1, 0.15) is 22.8 Å². The third-order valence-corrected chi connectivity index (χ3v) is 4.45. The molecule has 1 fully saturated rings. The summed E-state index contributed by atoms with van der Waals surface area (Å²) in [6.07, 6.45) is 0. The van der Waals surface area contributed by atoms with Crippen molar-refractivity contribution in [3.63, 3.8) is 0 Å². The van der Waals surface area contributed by atoms with E-state index in [2.05, 4.69) is 0 Å². The van der Waals surface area contributed by atoms with Crippen LogP contribution in [0.3, 0.4) is 0 Å². The topological polar surface area (TPSA) is 66.9 Å². The molecule has 2 aliphatic rings. The number of fused-ring (bicyclic) bond motifs is 2. The molecule has 2 heterocycles. The Morgan fingerprint density at radius 1 is 1.04 bits per heavy atom. The number of urea groups is 1. The number of rotatable bonds is 2. The molecule has 0 N–H and O–H groups in total. The van der Waals surface area contributed by atoms with Gasteiger partial charge in [-0.2, -0.15) is 0 Å². The highest BCUT2D eigenvalue weighted by Gasteiger charge is 2.65. The number of anilines is 1. The molecule has 126 valence electrons. The highest BCUT2D eigenvalue weighted by molar-refractivity contribution is 6.24. The van der Waals surface area contributed by atoms with Crippen molar-refractivity contribution in [1.82, 2.24) is 4.90 Å². The van der Waals surface area contributed by atoms with E-state index in [1.807, 2.05) is 0 Å². The van der Waals surface area contributed by atoms with Crippen LogP contribution >= 0.6 is 0 Å². The van der Waals surface area contributed by atoms with Crippen molar-refractivity contribution in [3.05, 3.63) is 65.5 Å². The second-order valence-corrected chi connectivity index (χ2v) is 5.72. The zero-order valence-corrected chi connectivity index (χ0v) is 13.2. The Morgan fingerprint density at radius 3 is 2.40 bits per heavy atom. The fourth-order valence-electron chi connectivity index (χ4n) is 3.35. The van der Waals surface area contributed by atoms with Crippen molar-refractivity contribution in [2.45, 2.75) is 12.6 Å². The number of hydrogen-bond donors (Lipinski definition) is 0. The standard InChI is InChI=1S/C18H13FN2O4/c1-2-20-17(24)21(12-9-7-11(19)8-10-12)16(23)18(20)14-6-4-3-5-13(14)15(22)25-18/h3-10H,2H2,1H3. The Bertz CT molecular complexity index is 912. The number of ether oxygens (including phenoxy) is 1. The lowest BCUT2D eigenvalue weighted by Gasteiger charge is -2.29. The van der Waals surface area contributed by atoms with Gasteiger partial charge in [0.1, 0.15) is 5.82 Å². The highest BCUT2D eigenvalue weighted by atomic mass is 19.1. The molecule has 0 radical (unpaired) electrons. The summed E-state index contributed by atoms with van der Waals surface area (Å²) in [5.74, 6) is -1.83. The number of carbonyl (C=O) groups is 3. The SMILES string of the molecule is CCN1C(=O)N(c2ccc(F)cc2)C(=O)C12OC(=O)c1ccccc12. The van der Waals surface area contributed by atoms with Crippen LogP contribution in [0, 0.1) is 5.82 Å². The van der Waals surface area contributed by atoms with E-state index < -0.39 is 29.4 Å². The molecule has 4 rings (SSSR count). The van der Waals surface area contributed by atoms with Crippen molar-refractivity contribution in [2.75, 3.05) is 11.4 Å². The molecule has 2 aromatic rings. The number of likely N-dealkylation sites (N-methyl/N-ethyl adjacent to an activating group) is 1. The van der Waals surface area contributed by atoms with Crippen LogP contribution in [-0.4, -0.2) is 29.4 Å². The Hall–Kier alpha value is -3.22. The molecule has 1 atom stereocenters. The van der Waals surface area contributed by atoms with Gasteiger partial charge in [-0.25, -0.2) is 18.9 Å². The number of hydrogen-bond acceptors (Lipinski definition) is 4. The van der Waals surface area contributed by atoms with Crippen LogP contribution in [0.5, 0.6) is 0 Å². The van der Waals surface area contributed by atoms with Gasteiger partial charge >= 0.3 is 17.9 Å². The van der Waals surface area contributed by atoms with Gasteiger partial charge in [-0.05, 0) is 37.3 Å². The van der Waals surface area contributed by atoms with Gasteiger partial charge in [0.15, 0.2) is 0 Å². The lowest BCUT2D eigenvalue weighted by molar-refractivity contribution is -0.147. The second-order valence-electron chi connectivity index (χ2n) is 5.72. The minimum absolute atomic E-state index is 0.157. The number of amides is 3. The molecule has 25 heavy (non-hydrogen) atoms. The first-order valence-electron chi connectivity index (χ1n) is 7.75. The first-order valence-corrected chi connectivity index (χ1v) is 7.75. The molecular formula is C18H13FN2O4. The molecular weight excluding hydrogens is 327 g/mol. The van der Waals surface area contributed by atoms with Gasteiger partial charge in [0, 0.05) is 12.1 Å². The molecule has 0 bridgehead atoms. The molecule has 0 aromatic heterocycles. The fraction of sp³-hybridized carbons (Fsp3) is 0.167. The molecule has 2 aromatic carbocycles. The highest BCUT2D eigenvalue weighted by Crippen LogP contribution is 2.46. The molecule has 6 nitrogen and oxygen atoms in total. The molecule has 2 aliphatic heterocycles. The van der Waals surface area contributed by atoms with E-state index >= 15 is 0 Å². The smallest absolute Gasteiger partial charge is 0.341 e. The van der Waals surface area contributed by atoms with Gasteiger partial charge < -0.3 is 4.74 Å². The van der Waals surface area contributed by atoms with E-state index in [0.717, 1.165) is 17.0 Å². The maximum atomic E-state index is 13.2. The Morgan fingerprint density at radius 2 is 1.72 bits per heavy atom. The van der Waals surface area contributed by atoms with Crippen LogP contribution in [0.4, 0.5) is 14.9 Å². The first kappa shape index (κ1) is 15.3. The van der Waals surface area contributed by atoms with E-state index in [9.17, 15) is 18.8 Å². The monoisotopic (exact) mass is 340 g/mol. The number of nitrogens with zero attached hydrogens (tertiary/aromatic N) is 2. The first-order chi connectivity index (χ1) is 12.0. The number of esters is 1. The van der Waals surface area contributed by atoms with Crippen LogP contribution in [0.15, 0.2) is 48.5 Å². The number of benzene rings is 2. The van der Waals surface area contributed by atoms with Crippen molar-refractivity contribution in [1.29, 1.82) is 0 Å². The number of halogens is 1. The summed E-state index contributed by atoms with van der Waals surface area (Å²) in [6, 6.07) is 10.9. The van der Waals surface area contributed by atoms with E-state index in [0.29, 0.717) is 5.56 Å². The summed E-state index contributed by atoms with van der Waals surface area (Å²) in [7, 11) is 0. The van der Waals surface area contributed by atoms with Crippen molar-refractivity contribution >= 4 is 23.6 Å². The summed E-state index contributed by atoms with van der Waals surface area (Å²) in [4.78, 5) is 40.4. The van der Waals surface area contributed by atoms with Crippen molar-refractivity contribution < 1.29 is 23.5 Å². The summed E-state index contributed by atoms with van der Waals surface area (Å²) >= 11 is 0. The molecule has 1 unspecified atom stereocenters. The Kier molecular flexibility index (Phi) is 3.15. The Labute approximate surface area is 142 Å². The lowest BCUT2D eigenvalue weighted by atomic mass is 9.98. The van der Waals surface area contributed by atoms with Crippen LogP contribution < -0.4 is 4.90 Å². The second kappa shape index (κ2) is 5.14. The van der Waals surface area contributed by atoms with Crippen LogP contribution in [-0.2, 0) is 15.3 Å². The minimum Gasteiger partial charge on any atom is -0.421 e. The minimum atomic E-state index is -1.81. The molecule has 7 heteroatoms. The third kappa shape index (κ3) is 1.86. The fourth-order valence-corrected chi connectivity index (χ4v) is 3.35. The van der Waals surface area contributed by atoms with Gasteiger partial charge in [0.25, 0.3) is 5.72 Å². The van der Waals surface area contributed by atoms with Gasteiger partial charge in [-0.1, -0.05) is 18.2 Å². The molecule has 1 saturated heterocycles. The van der Waals surface area contributed by atoms with Gasteiger partial charge in [0.05, 0.1) is 11.3 Å². The number of imide groups is 1. The van der Waals surface area contributed by atoms with Crippen molar-refractivity contribution in [3.8, 4) is 0 Å². The number of carbonyl (C=O) groups excluding carboxylic acids is 3. The molecule has 0 aliphatic carbocycles. The summed E-state index contributed by atoms with van der Waals surface area (Å²) in [5.41, 5.74) is -1.01. The average Bonchev–Trinajstić information content (AvgIpc) is 3.02. The zero-order chi connectivity index (χ0) is 17.8. The predicted octanol–water partition coefficient (Wildman–Crippen LogP) is 2.64. The van der Waals surface area contributed by atoms with E-state index in [1.54, 1.807) is 31.2 Å². The van der Waals surface area contributed by atoms with E-state index in [1.165, 1.54) is 17.0 Å². The summed E-state index contributed by atoms with van der Waals surface area (Å²) < 4.78 is 18.6. The Balaban J connectivity index is 1.90. The zero-order valence-electron chi connectivity index (χ0n) is 13.2. The van der Waals surface area contributed by atoms with Crippen molar-refractivity contribution in [2.24, 2.45) is 0 Å². The third-order valence-electron chi connectivity index (χ3n) is 4.45. The van der Waals surface area contributed by atoms with Crippen LogP contribution in [0.2, 0.25) is 0 Å². The van der Waals surface area contributed by atoms with Crippen LogP contribution in [0.25, 0.3) is 0 Å². The molecule has 3 amide bonds. The average molecular weight is 340 g/mol. The maximum Gasteiger partial charge on any atom is 0.341 e. The van der Waals surface area contributed by atoms with E-state index in [-0.39, 0.29) is 17.8 Å². The van der Waals surface area contributed by atoms with Gasteiger partial charge in [-0.3, -0.25) is 9.69 Å². The summed E-state index contributed by atoms with van der Waals surface area (Å²) in [6.45, 7) is 1.85. The van der Waals surface area contributed by atoms with Gasteiger partial charge in [-0.15, -0.1) is 0 Å². The van der Waals surface area contributed by atoms with Gasteiger partial charge in [0.2, 0.25) is 0 Å². The molecule has 1 spiro atoms. The normalized spacial score (nSPS) is 21.9. The predicted molar refractivity (Wildman–Crippen MR) is 85.2 cm³/mol. The quantitative estimate of drug-likeness (QED) is 0.623. The lowest BCUT2D eigenvalue weighted by Crippen LogP contribution is -2.47. The summed E-state index contributed by atoms with van der Waals surface area (Å²) in [5, 5.41) is 0. The maximum absolute atomic E-state index is 13.2. The largest absolute Gasteiger partial charge is 0.421 e. The molecule has 0 saturated carbocycles.